The molecule has 2 N–H and O–H groups in total. The molecule has 2 heteroatoms. The predicted molar refractivity (Wildman–Crippen MR) is 50.0 cm³/mol. The van der Waals surface area contributed by atoms with E-state index < -0.39 is 0 Å². The maximum atomic E-state index is 5.83. The summed E-state index contributed by atoms with van der Waals surface area (Å²) in [7, 11) is 1.66. The Kier molecular flexibility index (Phi) is 3.26. The van der Waals surface area contributed by atoms with Crippen molar-refractivity contribution in [3.8, 4) is 0 Å². The molecule has 0 bridgehead atoms. The van der Waals surface area contributed by atoms with Crippen LogP contribution in [0.4, 0.5) is 0 Å². The molecular formula is C10H15NO. The van der Waals surface area contributed by atoms with Crippen LogP contribution in [0.25, 0.3) is 0 Å². The highest BCUT2D eigenvalue weighted by Gasteiger charge is 2.03. The first kappa shape index (κ1) is 9.23. The minimum Gasteiger partial charge on any atom is -0.383 e. The number of hydrogen-bond acceptors (Lipinski definition) is 2. The standard InChI is InChI=1S/C10H15NO/c1-8-3-5-9(6-4-8)10(11)7-12-2/h3-6,10H,7,11H2,1-2H3/t10-/m1/s1. The predicted octanol–water partition coefficient (Wildman–Crippen LogP) is 1.64. The zero-order valence-electron chi connectivity index (χ0n) is 7.58. The molecule has 0 aromatic heterocycles. The van der Waals surface area contributed by atoms with Crippen molar-refractivity contribution in [2.45, 2.75) is 13.0 Å². The lowest BCUT2D eigenvalue weighted by atomic mass is 10.1. The minimum atomic E-state index is -0.00407. The second-order valence-corrected chi connectivity index (χ2v) is 2.97. The molecule has 2 nitrogen and oxygen atoms in total. The van der Waals surface area contributed by atoms with Crippen LogP contribution in [-0.2, 0) is 4.74 Å². The van der Waals surface area contributed by atoms with Crippen LogP contribution in [0, 0.1) is 6.92 Å². The lowest BCUT2D eigenvalue weighted by Crippen LogP contribution is -2.15. The molecular weight excluding hydrogens is 150 g/mol. The van der Waals surface area contributed by atoms with Crippen LogP contribution in [0.15, 0.2) is 24.3 Å². The van der Waals surface area contributed by atoms with E-state index in [0.717, 1.165) is 5.56 Å². The highest BCUT2D eigenvalue weighted by Crippen LogP contribution is 2.10. The zero-order valence-corrected chi connectivity index (χ0v) is 7.58. The van der Waals surface area contributed by atoms with Crippen molar-refractivity contribution in [3.05, 3.63) is 35.4 Å². The Morgan fingerprint density at radius 3 is 2.42 bits per heavy atom. The molecule has 1 rings (SSSR count). The summed E-state index contributed by atoms with van der Waals surface area (Å²) in [5.74, 6) is 0. The molecule has 0 radical (unpaired) electrons. The Balaban J connectivity index is 2.68. The average Bonchev–Trinajstić information content (AvgIpc) is 2.06. The third-order valence-corrected chi connectivity index (χ3v) is 1.85. The zero-order chi connectivity index (χ0) is 8.97. The van der Waals surface area contributed by atoms with Crippen molar-refractivity contribution >= 4 is 0 Å². The SMILES string of the molecule is COC[C@@H](N)c1ccc(C)cc1. The lowest BCUT2D eigenvalue weighted by molar-refractivity contribution is 0.181. The highest BCUT2D eigenvalue weighted by molar-refractivity contribution is 5.23. The van der Waals surface area contributed by atoms with E-state index >= 15 is 0 Å². The minimum absolute atomic E-state index is 0.00407. The molecule has 1 aromatic carbocycles. The van der Waals surface area contributed by atoms with Crippen molar-refractivity contribution in [2.75, 3.05) is 13.7 Å². The molecule has 0 unspecified atom stereocenters. The Morgan fingerprint density at radius 1 is 1.33 bits per heavy atom. The summed E-state index contributed by atoms with van der Waals surface area (Å²) in [6, 6.07) is 8.20. The van der Waals surface area contributed by atoms with Crippen molar-refractivity contribution in [1.82, 2.24) is 0 Å². The van der Waals surface area contributed by atoms with Crippen LogP contribution >= 0.6 is 0 Å². The molecule has 0 aliphatic rings. The third kappa shape index (κ3) is 2.32. The van der Waals surface area contributed by atoms with Gasteiger partial charge < -0.3 is 10.5 Å². The summed E-state index contributed by atoms with van der Waals surface area (Å²) in [6.45, 7) is 2.63. The normalized spacial score (nSPS) is 12.9. The molecule has 0 fully saturated rings. The monoisotopic (exact) mass is 165 g/mol. The number of nitrogens with two attached hydrogens (primary N) is 1. The number of aryl methyl sites for hydroxylation is 1. The second-order valence-electron chi connectivity index (χ2n) is 2.97. The van der Waals surface area contributed by atoms with Gasteiger partial charge in [0, 0.05) is 7.11 Å². The number of rotatable bonds is 3. The van der Waals surface area contributed by atoms with Crippen molar-refractivity contribution in [1.29, 1.82) is 0 Å². The van der Waals surface area contributed by atoms with Gasteiger partial charge in [-0.05, 0) is 12.5 Å². The summed E-state index contributed by atoms with van der Waals surface area (Å²) in [6.07, 6.45) is 0. The van der Waals surface area contributed by atoms with E-state index in [0.29, 0.717) is 6.61 Å². The van der Waals surface area contributed by atoms with Gasteiger partial charge in [0.15, 0.2) is 0 Å². The fourth-order valence-corrected chi connectivity index (χ4v) is 1.09. The fourth-order valence-electron chi connectivity index (χ4n) is 1.09. The van der Waals surface area contributed by atoms with Gasteiger partial charge in [-0.15, -0.1) is 0 Å². The topological polar surface area (TPSA) is 35.2 Å². The van der Waals surface area contributed by atoms with E-state index in [2.05, 4.69) is 19.1 Å². The molecule has 0 aliphatic carbocycles. The summed E-state index contributed by atoms with van der Waals surface area (Å²) in [5, 5.41) is 0. The van der Waals surface area contributed by atoms with Gasteiger partial charge >= 0.3 is 0 Å². The lowest BCUT2D eigenvalue weighted by Gasteiger charge is -2.10. The summed E-state index contributed by atoms with van der Waals surface area (Å²) in [4.78, 5) is 0. The quantitative estimate of drug-likeness (QED) is 0.739. The third-order valence-electron chi connectivity index (χ3n) is 1.85. The maximum absolute atomic E-state index is 5.83. The molecule has 0 heterocycles. The first-order valence-corrected chi connectivity index (χ1v) is 4.05. The Morgan fingerprint density at radius 2 is 1.92 bits per heavy atom. The molecule has 66 valence electrons. The number of benzene rings is 1. The average molecular weight is 165 g/mol. The Labute approximate surface area is 73.3 Å². The van der Waals surface area contributed by atoms with Crippen LogP contribution in [0.3, 0.4) is 0 Å². The van der Waals surface area contributed by atoms with E-state index in [-0.39, 0.29) is 6.04 Å². The molecule has 0 amide bonds. The Hall–Kier alpha value is -0.860. The van der Waals surface area contributed by atoms with Gasteiger partial charge in [0.05, 0.1) is 12.6 Å². The van der Waals surface area contributed by atoms with Crippen LogP contribution in [-0.4, -0.2) is 13.7 Å². The van der Waals surface area contributed by atoms with Gasteiger partial charge in [0.2, 0.25) is 0 Å². The van der Waals surface area contributed by atoms with E-state index in [4.69, 9.17) is 10.5 Å². The van der Waals surface area contributed by atoms with Crippen LogP contribution in [0.5, 0.6) is 0 Å². The van der Waals surface area contributed by atoms with Gasteiger partial charge in [0.25, 0.3) is 0 Å². The van der Waals surface area contributed by atoms with Crippen LogP contribution in [0.2, 0.25) is 0 Å². The number of hydrogen-bond donors (Lipinski definition) is 1. The molecule has 0 saturated carbocycles. The van der Waals surface area contributed by atoms with Crippen LogP contribution < -0.4 is 5.73 Å². The number of methoxy groups -OCH3 is 1. The van der Waals surface area contributed by atoms with Gasteiger partial charge in [0.1, 0.15) is 0 Å². The first-order chi connectivity index (χ1) is 5.74. The fraction of sp³-hybridized carbons (Fsp3) is 0.400. The maximum Gasteiger partial charge on any atom is 0.0655 e. The molecule has 1 aromatic rings. The van der Waals surface area contributed by atoms with Gasteiger partial charge in [-0.2, -0.15) is 0 Å². The molecule has 12 heavy (non-hydrogen) atoms. The number of ether oxygens (including phenoxy) is 1. The molecule has 0 saturated heterocycles. The smallest absolute Gasteiger partial charge is 0.0655 e. The van der Waals surface area contributed by atoms with E-state index in [1.54, 1.807) is 7.11 Å². The van der Waals surface area contributed by atoms with Crippen molar-refractivity contribution in [3.63, 3.8) is 0 Å². The van der Waals surface area contributed by atoms with Crippen LogP contribution in [0.1, 0.15) is 17.2 Å². The highest BCUT2D eigenvalue weighted by atomic mass is 16.5. The largest absolute Gasteiger partial charge is 0.383 e. The van der Waals surface area contributed by atoms with Crippen molar-refractivity contribution in [2.24, 2.45) is 5.73 Å². The van der Waals surface area contributed by atoms with E-state index in [1.807, 2.05) is 12.1 Å². The summed E-state index contributed by atoms with van der Waals surface area (Å²) in [5.41, 5.74) is 8.21. The second kappa shape index (κ2) is 4.24. The summed E-state index contributed by atoms with van der Waals surface area (Å²) >= 11 is 0. The Bertz CT molecular complexity index is 230. The van der Waals surface area contributed by atoms with E-state index in [9.17, 15) is 0 Å². The van der Waals surface area contributed by atoms with Gasteiger partial charge in [-0.1, -0.05) is 29.8 Å². The van der Waals surface area contributed by atoms with E-state index in [1.165, 1.54) is 5.56 Å². The first-order valence-electron chi connectivity index (χ1n) is 4.05. The van der Waals surface area contributed by atoms with Crippen molar-refractivity contribution < 1.29 is 4.74 Å². The van der Waals surface area contributed by atoms with Gasteiger partial charge in [-0.3, -0.25) is 0 Å². The molecule has 1 atom stereocenters. The summed E-state index contributed by atoms with van der Waals surface area (Å²) < 4.78 is 4.96. The molecule has 0 aliphatic heterocycles. The van der Waals surface area contributed by atoms with Gasteiger partial charge in [-0.25, -0.2) is 0 Å². The molecule has 0 spiro atoms.